The Hall–Kier alpha value is -2.71. The maximum atomic E-state index is 8.17. The normalized spacial score (nSPS) is 15.9. The van der Waals surface area contributed by atoms with Gasteiger partial charge in [-0.1, -0.05) is 48.0 Å². The summed E-state index contributed by atoms with van der Waals surface area (Å²) in [5, 5.41) is 4.09. The van der Waals surface area contributed by atoms with Crippen LogP contribution >= 0.6 is 11.3 Å². The van der Waals surface area contributed by atoms with Crippen molar-refractivity contribution in [3.63, 3.8) is 0 Å². The van der Waals surface area contributed by atoms with E-state index in [1.807, 2.05) is 36.7 Å². The number of thiophene rings is 1. The molecule has 27 heavy (non-hydrogen) atoms. The number of fused-ring (bicyclic) bond motifs is 5. The van der Waals surface area contributed by atoms with Crippen molar-refractivity contribution >= 4 is 42.3 Å². The molecule has 2 heteroatoms. The second-order valence-electron chi connectivity index (χ2n) is 7.00. The highest BCUT2D eigenvalue weighted by molar-refractivity contribution is 7.26. The van der Waals surface area contributed by atoms with Crippen LogP contribution in [-0.4, -0.2) is 0 Å². The molecule has 0 radical (unpaired) electrons. The van der Waals surface area contributed by atoms with E-state index in [4.69, 9.17) is 8.22 Å². The summed E-state index contributed by atoms with van der Waals surface area (Å²) in [6.07, 6.45) is 1.69. The second kappa shape index (κ2) is 5.90. The van der Waals surface area contributed by atoms with Crippen LogP contribution in [0, 0.1) is 20.6 Å². The van der Waals surface area contributed by atoms with Crippen LogP contribution in [0.1, 0.15) is 24.9 Å². The Morgan fingerprint density at radius 1 is 0.926 bits per heavy atom. The molecule has 2 aromatic heterocycles. The molecule has 0 atom stereocenters. The lowest BCUT2D eigenvalue weighted by Gasteiger charge is -2.09. The molecule has 0 fully saturated rings. The van der Waals surface area contributed by atoms with Crippen LogP contribution in [-0.2, 0) is 7.05 Å². The molecule has 1 nitrogen and oxygen atoms in total. The van der Waals surface area contributed by atoms with Gasteiger partial charge in [-0.25, -0.2) is 4.57 Å². The maximum Gasteiger partial charge on any atom is 0.221 e. The molecule has 0 bridgehead atoms. The second-order valence-corrected chi connectivity index (χ2v) is 8.05. The Labute approximate surface area is 171 Å². The molecule has 0 spiro atoms. The summed E-state index contributed by atoms with van der Waals surface area (Å²) in [6, 6.07) is 17.4. The van der Waals surface area contributed by atoms with Crippen LogP contribution in [0.2, 0.25) is 0 Å². The number of benzene rings is 3. The first-order valence-electron chi connectivity index (χ1n) is 11.9. The molecule has 3 aromatic carbocycles. The lowest BCUT2D eigenvalue weighted by atomic mass is 9.96. The standard InChI is InChI=1S/C25H22NS/c1-15-9-11-19(16(2)13-15)24-23-22-20-8-6-5-7-18(20)10-12-21(22)27-25(23)17(3)14-26(24)4/h5-14H,1-4H3/q+1/i1D3,3D3. The van der Waals surface area contributed by atoms with Crippen LogP contribution in [0.3, 0.4) is 0 Å². The number of hydrogen-bond donors (Lipinski definition) is 0. The van der Waals surface area contributed by atoms with Gasteiger partial charge in [0.05, 0.1) is 10.1 Å². The van der Waals surface area contributed by atoms with Crippen molar-refractivity contribution in [2.45, 2.75) is 20.6 Å². The van der Waals surface area contributed by atoms with E-state index >= 15 is 0 Å². The van der Waals surface area contributed by atoms with Gasteiger partial charge in [0.2, 0.25) is 5.69 Å². The van der Waals surface area contributed by atoms with Gasteiger partial charge in [-0.3, -0.25) is 0 Å². The quantitative estimate of drug-likeness (QED) is 0.290. The van der Waals surface area contributed by atoms with Crippen molar-refractivity contribution in [3.8, 4) is 11.3 Å². The maximum absolute atomic E-state index is 8.17. The van der Waals surface area contributed by atoms with Crippen molar-refractivity contribution in [2.24, 2.45) is 7.05 Å². The summed E-state index contributed by atoms with van der Waals surface area (Å²) in [4.78, 5) is 0. The molecule has 0 unspecified atom stereocenters. The first-order valence-corrected chi connectivity index (χ1v) is 9.67. The number of pyridine rings is 1. The highest BCUT2D eigenvalue weighted by Crippen LogP contribution is 2.43. The summed E-state index contributed by atoms with van der Waals surface area (Å²) in [5.74, 6) is 0. The Bertz CT molecular complexity index is 1560. The average molecular weight is 375 g/mol. The molecule has 132 valence electrons. The fraction of sp³-hybridized carbons (Fsp3) is 0.160. The minimum atomic E-state index is -2.26. The van der Waals surface area contributed by atoms with Crippen molar-refractivity contribution in [3.05, 3.63) is 77.5 Å². The van der Waals surface area contributed by atoms with E-state index in [0.717, 1.165) is 47.8 Å². The summed E-state index contributed by atoms with van der Waals surface area (Å²) < 4.78 is 51.4. The summed E-state index contributed by atoms with van der Waals surface area (Å²) in [6.45, 7) is -2.54. The van der Waals surface area contributed by atoms with Gasteiger partial charge < -0.3 is 0 Å². The molecule has 0 aliphatic heterocycles. The smallest absolute Gasteiger partial charge is 0.200 e. The predicted octanol–water partition coefficient (Wildman–Crippen LogP) is 6.62. The number of nitrogens with zero attached hydrogens (tertiary/aromatic N) is 1. The van der Waals surface area contributed by atoms with Crippen molar-refractivity contribution < 1.29 is 12.8 Å². The molecule has 0 saturated heterocycles. The first-order chi connectivity index (χ1) is 15.5. The van der Waals surface area contributed by atoms with E-state index < -0.39 is 13.7 Å². The number of aromatic nitrogens is 1. The van der Waals surface area contributed by atoms with Gasteiger partial charge in [-0.05, 0) is 49.1 Å². The zero-order chi connectivity index (χ0) is 23.7. The first kappa shape index (κ1) is 11.2. The van der Waals surface area contributed by atoms with Gasteiger partial charge >= 0.3 is 0 Å². The molecule has 0 amide bonds. The lowest BCUT2D eigenvalue weighted by Crippen LogP contribution is -2.31. The third-order valence-electron chi connectivity index (χ3n) is 5.22. The Morgan fingerprint density at radius 3 is 2.63 bits per heavy atom. The Balaban J connectivity index is 1.98. The van der Waals surface area contributed by atoms with Crippen molar-refractivity contribution in [2.75, 3.05) is 0 Å². The van der Waals surface area contributed by atoms with Gasteiger partial charge in [0, 0.05) is 29.4 Å². The van der Waals surface area contributed by atoms with Gasteiger partial charge in [-0.2, -0.15) is 0 Å². The number of hydrogen-bond acceptors (Lipinski definition) is 1. The van der Waals surface area contributed by atoms with Crippen molar-refractivity contribution in [1.82, 2.24) is 0 Å². The van der Waals surface area contributed by atoms with Crippen LogP contribution < -0.4 is 4.57 Å². The largest absolute Gasteiger partial charge is 0.221 e. The Morgan fingerprint density at radius 2 is 1.81 bits per heavy atom. The summed E-state index contributed by atoms with van der Waals surface area (Å²) in [5.41, 5.74) is 3.23. The van der Waals surface area contributed by atoms with E-state index in [1.54, 1.807) is 18.3 Å². The lowest BCUT2D eigenvalue weighted by molar-refractivity contribution is -0.659. The molecule has 2 heterocycles. The van der Waals surface area contributed by atoms with Gasteiger partial charge in [-0.15, -0.1) is 11.3 Å². The monoisotopic (exact) mass is 374 g/mol. The van der Waals surface area contributed by atoms with Gasteiger partial charge in [0.1, 0.15) is 7.05 Å². The SMILES string of the molecule is [2H]C([2H])([2H])c1ccc(-c2c3c(sc4ccc5ccccc5c43)c(C([2H])([2H])[2H])c[n+]2C)c(C)c1. The average Bonchev–Trinajstić information content (AvgIpc) is 3.12. The zero-order valence-electron chi connectivity index (χ0n) is 21.1. The molecule has 5 rings (SSSR count). The van der Waals surface area contributed by atoms with Crippen molar-refractivity contribution in [1.29, 1.82) is 0 Å². The van der Waals surface area contributed by atoms with E-state index in [0.29, 0.717) is 11.1 Å². The van der Waals surface area contributed by atoms with E-state index in [9.17, 15) is 0 Å². The van der Waals surface area contributed by atoms with Gasteiger partial charge in [0.25, 0.3) is 0 Å². The van der Waals surface area contributed by atoms with Crippen LogP contribution in [0.15, 0.2) is 60.8 Å². The van der Waals surface area contributed by atoms with E-state index in [2.05, 4.69) is 24.3 Å². The molecule has 0 N–H and O–H groups in total. The van der Waals surface area contributed by atoms with Gasteiger partial charge in [0.15, 0.2) is 6.20 Å². The molecule has 0 aliphatic carbocycles. The number of aryl methyl sites for hydroxylation is 4. The van der Waals surface area contributed by atoms with E-state index in [-0.39, 0.29) is 0 Å². The minimum Gasteiger partial charge on any atom is -0.200 e. The predicted molar refractivity (Wildman–Crippen MR) is 118 cm³/mol. The molecular weight excluding hydrogens is 346 g/mol. The fourth-order valence-corrected chi connectivity index (χ4v) is 5.17. The fourth-order valence-electron chi connectivity index (χ4n) is 4.03. The Kier molecular flexibility index (Phi) is 2.45. The summed E-state index contributed by atoms with van der Waals surface area (Å²) in [7, 11) is 1.86. The highest BCUT2D eigenvalue weighted by atomic mass is 32.1. The third kappa shape index (κ3) is 2.40. The number of rotatable bonds is 1. The zero-order valence-corrected chi connectivity index (χ0v) is 15.9. The van der Waals surface area contributed by atoms with Crippen LogP contribution in [0.5, 0.6) is 0 Å². The topological polar surface area (TPSA) is 3.88 Å². The molecular formula is C25H22NS+. The van der Waals surface area contributed by atoms with E-state index in [1.165, 1.54) is 11.3 Å². The van der Waals surface area contributed by atoms with Crippen LogP contribution in [0.25, 0.3) is 42.2 Å². The summed E-state index contributed by atoms with van der Waals surface area (Å²) >= 11 is 1.50. The third-order valence-corrected chi connectivity index (χ3v) is 6.41. The molecule has 5 aromatic rings. The molecule has 0 saturated carbocycles. The highest BCUT2D eigenvalue weighted by Gasteiger charge is 2.23. The minimum absolute atomic E-state index is 0.294. The molecule has 0 aliphatic rings. The van der Waals surface area contributed by atoms with Crippen LogP contribution in [0.4, 0.5) is 0 Å².